The van der Waals surface area contributed by atoms with Crippen molar-refractivity contribution in [1.82, 2.24) is 0 Å². The number of amides is 2. The Labute approximate surface area is 180 Å². The number of nitrogens with one attached hydrogen (secondary N) is 2. The number of esters is 1. The molecule has 0 saturated carbocycles. The summed E-state index contributed by atoms with van der Waals surface area (Å²) in [5, 5.41) is 5.42. The summed E-state index contributed by atoms with van der Waals surface area (Å²) in [5.41, 5.74) is 2.57. The quantitative estimate of drug-likeness (QED) is 0.565. The van der Waals surface area contributed by atoms with Crippen molar-refractivity contribution in [3.05, 3.63) is 89.5 Å². The van der Waals surface area contributed by atoms with Gasteiger partial charge in [0.2, 0.25) is 0 Å². The first kappa shape index (κ1) is 21.6. The number of ether oxygens (including phenoxy) is 2. The van der Waals surface area contributed by atoms with Gasteiger partial charge in [0, 0.05) is 5.69 Å². The normalized spacial score (nSPS) is 10.1. The molecule has 7 heteroatoms. The molecule has 0 aromatic heterocycles. The molecule has 31 heavy (non-hydrogen) atoms. The van der Waals surface area contributed by atoms with Crippen molar-refractivity contribution in [2.75, 3.05) is 24.4 Å². The third-order valence-electron chi connectivity index (χ3n) is 4.38. The lowest BCUT2D eigenvalue weighted by Crippen LogP contribution is -2.23. The lowest BCUT2D eigenvalue weighted by Gasteiger charge is -2.12. The van der Waals surface area contributed by atoms with E-state index in [2.05, 4.69) is 10.6 Å². The largest absolute Gasteiger partial charge is 0.497 e. The van der Waals surface area contributed by atoms with E-state index in [1.54, 1.807) is 54.6 Å². The van der Waals surface area contributed by atoms with E-state index in [0.29, 0.717) is 28.3 Å². The number of methoxy groups -OCH3 is 1. The molecule has 3 aromatic carbocycles. The van der Waals surface area contributed by atoms with Gasteiger partial charge < -0.3 is 20.1 Å². The number of benzene rings is 3. The van der Waals surface area contributed by atoms with Crippen molar-refractivity contribution in [1.29, 1.82) is 0 Å². The summed E-state index contributed by atoms with van der Waals surface area (Å²) in [6.45, 7) is 1.44. The van der Waals surface area contributed by atoms with Crippen LogP contribution in [0.2, 0.25) is 0 Å². The minimum atomic E-state index is -0.636. The average Bonchev–Trinajstić information content (AvgIpc) is 2.78. The Morgan fingerprint density at radius 2 is 1.61 bits per heavy atom. The van der Waals surface area contributed by atoms with E-state index >= 15 is 0 Å². The van der Waals surface area contributed by atoms with E-state index in [1.165, 1.54) is 7.11 Å². The van der Waals surface area contributed by atoms with Crippen LogP contribution in [0.1, 0.15) is 26.3 Å². The molecule has 0 spiro atoms. The van der Waals surface area contributed by atoms with Gasteiger partial charge >= 0.3 is 5.97 Å². The topological polar surface area (TPSA) is 93.7 Å². The molecule has 0 saturated heterocycles. The van der Waals surface area contributed by atoms with Crippen LogP contribution in [0, 0.1) is 6.92 Å². The smallest absolute Gasteiger partial charge is 0.338 e. The summed E-state index contributed by atoms with van der Waals surface area (Å²) < 4.78 is 10.1. The first-order valence-corrected chi connectivity index (χ1v) is 9.54. The second-order valence-electron chi connectivity index (χ2n) is 6.72. The van der Waals surface area contributed by atoms with Gasteiger partial charge in [-0.15, -0.1) is 0 Å². The number of para-hydroxylation sites is 1. The summed E-state index contributed by atoms with van der Waals surface area (Å²) in [6, 6.07) is 20.3. The van der Waals surface area contributed by atoms with Crippen LogP contribution < -0.4 is 15.4 Å². The van der Waals surface area contributed by atoms with Crippen LogP contribution >= 0.6 is 0 Å². The summed E-state index contributed by atoms with van der Waals surface area (Å²) in [6.07, 6.45) is 0. The zero-order chi connectivity index (χ0) is 22.2. The number of hydrogen-bond donors (Lipinski definition) is 2. The van der Waals surface area contributed by atoms with Crippen molar-refractivity contribution < 1.29 is 23.9 Å². The standard InChI is InChI=1S/C24H22N2O5/c1-16-6-5-7-18(14-16)25-23(28)20-8-3-4-9-21(20)26-22(27)15-31-24(29)17-10-12-19(30-2)13-11-17/h3-14H,15H2,1-2H3,(H,25,28)(H,26,27). The molecule has 0 atom stereocenters. The maximum absolute atomic E-state index is 12.7. The number of carbonyl (C=O) groups is 3. The number of hydrogen-bond acceptors (Lipinski definition) is 5. The van der Waals surface area contributed by atoms with Crippen molar-refractivity contribution in [2.45, 2.75) is 6.92 Å². The Bertz CT molecular complexity index is 1090. The molecule has 0 fully saturated rings. The molecule has 0 unspecified atom stereocenters. The van der Waals surface area contributed by atoms with Crippen molar-refractivity contribution in [2.24, 2.45) is 0 Å². The van der Waals surface area contributed by atoms with Gasteiger partial charge in [-0.1, -0.05) is 24.3 Å². The molecule has 0 radical (unpaired) electrons. The molecule has 0 heterocycles. The third kappa shape index (κ3) is 5.93. The number of rotatable bonds is 7. The minimum Gasteiger partial charge on any atom is -0.497 e. The Kier molecular flexibility index (Phi) is 7.01. The van der Waals surface area contributed by atoms with Gasteiger partial charge in [-0.2, -0.15) is 0 Å². The second-order valence-corrected chi connectivity index (χ2v) is 6.72. The third-order valence-corrected chi connectivity index (χ3v) is 4.38. The Morgan fingerprint density at radius 3 is 2.32 bits per heavy atom. The molecule has 3 rings (SSSR count). The minimum absolute atomic E-state index is 0.291. The van der Waals surface area contributed by atoms with E-state index in [4.69, 9.17) is 9.47 Å². The zero-order valence-corrected chi connectivity index (χ0v) is 17.2. The van der Waals surface area contributed by atoms with Crippen molar-refractivity contribution in [3.8, 4) is 5.75 Å². The molecule has 0 aliphatic heterocycles. The predicted molar refractivity (Wildman–Crippen MR) is 117 cm³/mol. The van der Waals surface area contributed by atoms with E-state index in [1.807, 2.05) is 25.1 Å². The van der Waals surface area contributed by atoms with E-state index in [0.717, 1.165) is 5.56 Å². The fraction of sp³-hybridized carbons (Fsp3) is 0.125. The van der Waals surface area contributed by atoms with Gasteiger partial charge in [-0.05, 0) is 61.0 Å². The molecular weight excluding hydrogens is 396 g/mol. The first-order valence-electron chi connectivity index (χ1n) is 9.54. The molecule has 2 N–H and O–H groups in total. The van der Waals surface area contributed by atoms with Crippen molar-refractivity contribution in [3.63, 3.8) is 0 Å². The van der Waals surface area contributed by atoms with Crippen LogP contribution in [-0.4, -0.2) is 31.5 Å². The van der Waals surface area contributed by atoms with Crippen LogP contribution in [0.25, 0.3) is 0 Å². The van der Waals surface area contributed by atoms with Gasteiger partial charge in [0.05, 0.1) is 23.9 Å². The van der Waals surface area contributed by atoms with Crippen LogP contribution in [0.15, 0.2) is 72.8 Å². The number of anilines is 2. The molecule has 0 aliphatic carbocycles. The van der Waals surface area contributed by atoms with Crippen LogP contribution in [0.5, 0.6) is 5.75 Å². The summed E-state index contributed by atoms with van der Waals surface area (Å²) in [7, 11) is 1.52. The number of aryl methyl sites for hydroxylation is 1. The zero-order valence-electron chi connectivity index (χ0n) is 17.2. The van der Waals surface area contributed by atoms with Gasteiger partial charge in [0.1, 0.15) is 5.75 Å². The predicted octanol–water partition coefficient (Wildman–Crippen LogP) is 4.05. The first-order chi connectivity index (χ1) is 15.0. The maximum Gasteiger partial charge on any atom is 0.338 e. The Hall–Kier alpha value is -4.13. The average molecular weight is 418 g/mol. The van der Waals surface area contributed by atoms with Crippen molar-refractivity contribution >= 4 is 29.2 Å². The van der Waals surface area contributed by atoms with E-state index in [-0.39, 0.29) is 5.91 Å². The highest BCUT2D eigenvalue weighted by Gasteiger charge is 2.15. The van der Waals surface area contributed by atoms with Gasteiger partial charge in [0.15, 0.2) is 6.61 Å². The molecule has 158 valence electrons. The number of carbonyl (C=O) groups excluding carboxylic acids is 3. The highest BCUT2D eigenvalue weighted by Crippen LogP contribution is 2.18. The second kappa shape index (κ2) is 10.1. The monoisotopic (exact) mass is 418 g/mol. The van der Waals surface area contributed by atoms with Gasteiger partial charge in [-0.25, -0.2) is 4.79 Å². The summed E-state index contributed by atoms with van der Waals surface area (Å²) >= 11 is 0. The SMILES string of the molecule is COc1ccc(C(=O)OCC(=O)Nc2ccccc2C(=O)Nc2cccc(C)c2)cc1. The fourth-order valence-electron chi connectivity index (χ4n) is 2.84. The molecular formula is C24H22N2O5. The highest BCUT2D eigenvalue weighted by atomic mass is 16.5. The van der Waals surface area contributed by atoms with Gasteiger partial charge in [0.25, 0.3) is 11.8 Å². The molecule has 0 aliphatic rings. The fourth-order valence-corrected chi connectivity index (χ4v) is 2.84. The molecule has 3 aromatic rings. The van der Waals surface area contributed by atoms with Crippen LogP contribution in [0.3, 0.4) is 0 Å². The molecule has 2 amide bonds. The lowest BCUT2D eigenvalue weighted by atomic mass is 10.1. The molecule has 0 bridgehead atoms. The molecule has 7 nitrogen and oxygen atoms in total. The summed E-state index contributed by atoms with van der Waals surface area (Å²) in [4.78, 5) is 37.1. The lowest BCUT2D eigenvalue weighted by molar-refractivity contribution is -0.119. The van der Waals surface area contributed by atoms with Crippen LogP contribution in [0.4, 0.5) is 11.4 Å². The van der Waals surface area contributed by atoms with E-state index in [9.17, 15) is 14.4 Å². The van der Waals surface area contributed by atoms with Crippen LogP contribution in [-0.2, 0) is 9.53 Å². The highest BCUT2D eigenvalue weighted by molar-refractivity contribution is 6.10. The van der Waals surface area contributed by atoms with E-state index < -0.39 is 18.5 Å². The summed E-state index contributed by atoms with van der Waals surface area (Å²) in [5.74, 6) is -0.951. The Morgan fingerprint density at radius 1 is 0.871 bits per heavy atom. The Balaban J connectivity index is 1.61. The maximum atomic E-state index is 12.7. The van der Waals surface area contributed by atoms with Gasteiger partial charge in [-0.3, -0.25) is 9.59 Å².